The second-order valence-corrected chi connectivity index (χ2v) is 4.98. The van der Waals surface area contributed by atoms with E-state index in [1.54, 1.807) is 0 Å². The van der Waals surface area contributed by atoms with Gasteiger partial charge < -0.3 is 19.7 Å². The maximum absolute atomic E-state index is 12.2. The zero-order valence-electron chi connectivity index (χ0n) is 11.4. The van der Waals surface area contributed by atoms with Crippen LogP contribution in [-0.2, 0) is 19.1 Å². The quantitative estimate of drug-likeness (QED) is 0.533. The highest BCUT2D eigenvalue weighted by Gasteiger charge is 2.55. The second kappa shape index (κ2) is 6.86. The third-order valence-electron chi connectivity index (χ3n) is 3.92. The first-order valence-electron chi connectivity index (χ1n) is 6.48. The molecule has 110 valence electrons. The zero-order valence-corrected chi connectivity index (χ0v) is 11.4. The maximum Gasteiger partial charge on any atom is 0.323 e. The molecule has 1 atom stereocenters. The van der Waals surface area contributed by atoms with Crippen LogP contribution in [0.3, 0.4) is 0 Å². The number of aliphatic hydroxyl groups excluding tert-OH is 2. The van der Waals surface area contributed by atoms with Crippen LogP contribution in [0.1, 0.15) is 32.1 Å². The molecule has 0 aliphatic heterocycles. The number of esters is 2. The number of methoxy groups -OCH3 is 2. The molecule has 0 heterocycles. The van der Waals surface area contributed by atoms with Crippen LogP contribution in [-0.4, -0.2) is 49.1 Å². The molecule has 19 heavy (non-hydrogen) atoms. The van der Waals surface area contributed by atoms with Crippen LogP contribution in [0, 0.1) is 11.3 Å². The zero-order chi connectivity index (χ0) is 14.5. The molecule has 0 radical (unpaired) electrons. The van der Waals surface area contributed by atoms with Crippen molar-refractivity contribution in [2.75, 3.05) is 20.8 Å². The van der Waals surface area contributed by atoms with Crippen LogP contribution in [0.4, 0.5) is 0 Å². The van der Waals surface area contributed by atoms with E-state index in [4.69, 9.17) is 14.6 Å². The first-order chi connectivity index (χ1) is 9.02. The van der Waals surface area contributed by atoms with Crippen LogP contribution >= 0.6 is 0 Å². The highest BCUT2D eigenvalue weighted by atomic mass is 16.5. The fourth-order valence-electron chi connectivity index (χ4n) is 2.97. The fraction of sp³-hybridized carbons (Fsp3) is 0.846. The number of aliphatic hydroxyl groups is 2. The summed E-state index contributed by atoms with van der Waals surface area (Å²) in [6.45, 7) is -0.511. The van der Waals surface area contributed by atoms with Crippen molar-refractivity contribution in [3.63, 3.8) is 0 Å². The van der Waals surface area contributed by atoms with Gasteiger partial charge in [-0.2, -0.15) is 0 Å². The number of ether oxygens (including phenoxy) is 2. The van der Waals surface area contributed by atoms with E-state index in [9.17, 15) is 14.7 Å². The molecule has 0 aromatic rings. The number of rotatable bonds is 6. The molecular weight excluding hydrogens is 252 g/mol. The van der Waals surface area contributed by atoms with E-state index in [0.717, 1.165) is 12.8 Å². The molecule has 6 nitrogen and oxygen atoms in total. The van der Waals surface area contributed by atoms with Crippen molar-refractivity contribution >= 4 is 11.9 Å². The van der Waals surface area contributed by atoms with Gasteiger partial charge in [0.15, 0.2) is 5.41 Å². The highest BCUT2D eigenvalue weighted by molar-refractivity contribution is 6.00. The van der Waals surface area contributed by atoms with Gasteiger partial charge in [-0.25, -0.2) is 0 Å². The lowest BCUT2D eigenvalue weighted by molar-refractivity contribution is -0.177. The van der Waals surface area contributed by atoms with Crippen molar-refractivity contribution in [1.82, 2.24) is 0 Å². The number of hydrogen-bond donors (Lipinski definition) is 2. The van der Waals surface area contributed by atoms with E-state index in [-0.39, 0.29) is 12.3 Å². The molecule has 1 rings (SSSR count). The minimum atomic E-state index is -1.51. The van der Waals surface area contributed by atoms with Crippen LogP contribution in [0.5, 0.6) is 0 Å². The lowest BCUT2D eigenvalue weighted by atomic mass is 9.70. The highest BCUT2D eigenvalue weighted by Crippen LogP contribution is 2.45. The Labute approximate surface area is 112 Å². The molecule has 0 aromatic carbocycles. The third kappa shape index (κ3) is 3.06. The molecule has 1 fully saturated rings. The van der Waals surface area contributed by atoms with Gasteiger partial charge in [-0.15, -0.1) is 0 Å². The van der Waals surface area contributed by atoms with Crippen LogP contribution < -0.4 is 0 Å². The van der Waals surface area contributed by atoms with E-state index < -0.39 is 30.1 Å². The number of carbonyl (C=O) groups excluding carboxylic acids is 2. The van der Waals surface area contributed by atoms with Crippen LogP contribution in [0.25, 0.3) is 0 Å². The van der Waals surface area contributed by atoms with Crippen molar-refractivity contribution in [3.05, 3.63) is 0 Å². The Morgan fingerprint density at radius 3 is 2.05 bits per heavy atom. The summed E-state index contributed by atoms with van der Waals surface area (Å²) >= 11 is 0. The van der Waals surface area contributed by atoms with E-state index in [0.29, 0.717) is 12.8 Å². The molecule has 0 saturated heterocycles. The predicted octanol–water partition coefficient (Wildman–Crippen LogP) is 0.252. The van der Waals surface area contributed by atoms with Crippen molar-refractivity contribution in [3.8, 4) is 0 Å². The molecule has 6 heteroatoms. The van der Waals surface area contributed by atoms with E-state index in [1.807, 2.05) is 0 Å². The molecule has 1 aliphatic carbocycles. The Kier molecular flexibility index (Phi) is 5.75. The van der Waals surface area contributed by atoms with Crippen molar-refractivity contribution in [2.24, 2.45) is 11.3 Å². The number of hydrogen-bond acceptors (Lipinski definition) is 6. The summed E-state index contributed by atoms with van der Waals surface area (Å²) in [6, 6.07) is 0. The molecule has 0 spiro atoms. The third-order valence-corrected chi connectivity index (χ3v) is 3.92. The number of carbonyl (C=O) groups is 2. The molecule has 0 bridgehead atoms. The molecule has 1 unspecified atom stereocenters. The topological polar surface area (TPSA) is 93.1 Å². The van der Waals surface area contributed by atoms with Gasteiger partial charge in [0, 0.05) is 6.42 Å². The van der Waals surface area contributed by atoms with Crippen LogP contribution in [0.2, 0.25) is 0 Å². The SMILES string of the molecule is COC(=O)C(CC(O)CO)(C(=O)OC)C1CCCC1. The Hall–Kier alpha value is -1.14. The minimum absolute atomic E-state index is 0.173. The van der Waals surface area contributed by atoms with E-state index in [2.05, 4.69) is 0 Å². The molecule has 2 N–H and O–H groups in total. The first kappa shape index (κ1) is 15.9. The normalized spacial score (nSPS) is 18.1. The molecule has 0 aromatic heterocycles. The second-order valence-electron chi connectivity index (χ2n) is 4.98. The summed E-state index contributed by atoms with van der Waals surface area (Å²) in [7, 11) is 2.42. The van der Waals surface area contributed by atoms with Gasteiger partial charge in [-0.3, -0.25) is 9.59 Å². The summed E-state index contributed by atoms with van der Waals surface area (Å²) in [5.41, 5.74) is -1.51. The Balaban J connectivity index is 3.14. The van der Waals surface area contributed by atoms with Crippen molar-refractivity contribution in [1.29, 1.82) is 0 Å². The predicted molar refractivity (Wildman–Crippen MR) is 66.1 cm³/mol. The summed E-state index contributed by atoms with van der Waals surface area (Å²) in [5, 5.41) is 18.7. The Morgan fingerprint density at radius 2 is 1.68 bits per heavy atom. The molecule has 1 aliphatic rings. The maximum atomic E-state index is 12.2. The van der Waals surface area contributed by atoms with Crippen molar-refractivity contribution < 1.29 is 29.3 Å². The molecule has 0 amide bonds. The van der Waals surface area contributed by atoms with Gasteiger partial charge in [0.1, 0.15) is 0 Å². The standard InChI is InChI=1S/C13H22O6/c1-18-11(16)13(12(17)19-2,7-10(15)8-14)9-5-3-4-6-9/h9-10,14-15H,3-8H2,1-2H3. The van der Waals surface area contributed by atoms with Crippen LogP contribution in [0.15, 0.2) is 0 Å². The summed E-state index contributed by atoms with van der Waals surface area (Å²) in [6.07, 6.45) is 1.95. The smallest absolute Gasteiger partial charge is 0.323 e. The van der Waals surface area contributed by atoms with Crippen molar-refractivity contribution in [2.45, 2.75) is 38.2 Å². The van der Waals surface area contributed by atoms with Gasteiger partial charge in [0.25, 0.3) is 0 Å². The largest absolute Gasteiger partial charge is 0.468 e. The summed E-state index contributed by atoms with van der Waals surface area (Å²) in [4.78, 5) is 24.3. The Morgan fingerprint density at radius 1 is 1.21 bits per heavy atom. The molecular formula is C13H22O6. The lowest BCUT2D eigenvalue weighted by Gasteiger charge is -2.34. The van der Waals surface area contributed by atoms with Gasteiger partial charge >= 0.3 is 11.9 Å². The minimum Gasteiger partial charge on any atom is -0.468 e. The van der Waals surface area contributed by atoms with Gasteiger partial charge in [0.2, 0.25) is 0 Å². The van der Waals surface area contributed by atoms with Gasteiger partial charge in [-0.1, -0.05) is 12.8 Å². The fourth-order valence-corrected chi connectivity index (χ4v) is 2.97. The van der Waals surface area contributed by atoms with E-state index >= 15 is 0 Å². The lowest BCUT2D eigenvalue weighted by Crippen LogP contribution is -2.49. The molecule has 1 saturated carbocycles. The van der Waals surface area contributed by atoms with E-state index in [1.165, 1.54) is 14.2 Å². The average molecular weight is 274 g/mol. The van der Waals surface area contributed by atoms with Gasteiger partial charge in [0.05, 0.1) is 26.9 Å². The average Bonchev–Trinajstić information content (AvgIpc) is 2.97. The summed E-state index contributed by atoms with van der Waals surface area (Å²) < 4.78 is 9.53. The first-order valence-corrected chi connectivity index (χ1v) is 6.48. The monoisotopic (exact) mass is 274 g/mol. The Bertz CT molecular complexity index is 305. The summed E-state index contributed by atoms with van der Waals surface area (Å²) in [5.74, 6) is -1.61. The van der Waals surface area contributed by atoms with Gasteiger partial charge in [-0.05, 0) is 18.8 Å².